The van der Waals surface area contributed by atoms with Gasteiger partial charge in [0.2, 0.25) is 28.6 Å². The number of carbonyl (C=O) groups excluding carboxylic acids is 2. The highest BCUT2D eigenvalue weighted by atomic mass is 32.2. The molecule has 2 aromatic carbocycles. The maximum Gasteiger partial charge on any atom is 0.244 e. The van der Waals surface area contributed by atoms with Crippen molar-refractivity contribution in [3.63, 3.8) is 0 Å². The zero-order chi connectivity index (χ0) is 25.7. The van der Waals surface area contributed by atoms with E-state index < -0.39 is 28.5 Å². The van der Waals surface area contributed by atoms with E-state index in [0.29, 0.717) is 17.2 Å². The maximum atomic E-state index is 13.7. The van der Waals surface area contributed by atoms with Gasteiger partial charge in [-0.1, -0.05) is 43.2 Å². The molecule has 4 rings (SSSR count). The molecule has 1 saturated carbocycles. The summed E-state index contributed by atoms with van der Waals surface area (Å²) in [4.78, 5) is 28.2. The lowest BCUT2D eigenvalue weighted by atomic mass is 10.1. The van der Waals surface area contributed by atoms with Crippen LogP contribution in [0, 0.1) is 0 Å². The van der Waals surface area contributed by atoms with E-state index in [-0.39, 0.29) is 31.0 Å². The molecule has 2 amide bonds. The van der Waals surface area contributed by atoms with Gasteiger partial charge >= 0.3 is 0 Å². The number of hydrogen-bond acceptors (Lipinski definition) is 6. The zero-order valence-corrected chi connectivity index (χ0v) is 21.5. The molecule has 194 valence electrons. The van der Waals surface area contributed by atoms with E-state index in [0.717, 1.165) is 35.6 Å². The third-order valence-corrected chi connectivity index (χ3v) is 8.43. The van der Waals surface area contributed by atoms with Crippen LogP contribution in [0.1, 0.15) is 45.1 Å². The van der Waals surface area contributed by atoms with Crippen LogP contribution >= 0.6 is 0 Å². The van der Waals surface area contributed by atoms with Crippen molar-refractivity contribution in [2.45, 2.75) is 58.2 Å². The first-order valence-corrected chi connectivity index (χ1v) is 13.9. The number of anilines is 1. The summed E-state index contributed by atoms with van der Waals surface area (Å²) in [7, 11) is -3.81. The van der Waals surface area contributed by atoms with Crippen molar-refractivity contribution in [2.75, 3.05) is 23.4 Å². The Kier molecular flexibility index (Phi) is 8.03. The number of ether oxygens (including phenoxy) is 2. The van der Waals surface area contributed by atoms with Gasteiger partial charge in [-0.05, 0) is 44.4 Å². The molecule has 1 heterocycles. The Morgan fingerprint density at radius 2 is 1.75 bits per heavy atom. The van der Waals surface area contributed by atoms with Crippen LogP contribution in [0.15, 0.2) is 48.5 Å². The lowest BCUT2D eigenvalue weighted by Gasteiger charge is -2.32. The highest BCUT2D eigenvalue weighted by Crippen LogP contribution is 2.36. The molecule has 0 aromatic heterocycles. The van der Waals surface area contributed by atoms with Crippen LogP contribution in [0.25, 0.3) is 0 Å². The molecule has 9 nitrogen and oxygen atoms in total. The number of amides is 2. The summed E-state index contributed by atoms with van der Waals surface area (Å²) in [5, 5.41) is 3.06. The number of hydrogen-bond donors (Lipinski definition) is 1. The van der Waals surface area contributed by atoms with Crippen LogP contribution < -0.4 is 19.1 Å². The van der Waals surface area contributed by atoms with Gasteiger partial charge < -0.3 is 19.7 Å². The van der Waals surface area contributed by atoms with Gasteiger partial charge in [0.25, 0.3) is 0 Å². The number of nitrogens with zero attached hydrogens (tertiary/aromatic N) is 2. The summed E-state index contributed by atoms with van der Waals surface area (Å²) in [5.74, 6) is 0.0378. The summed E-state index contributed by atoms with van der Waals surface area (Å²) in [6, 6.07) is 13.5. The molecule has 0 unspecified atom stereocenters. The number of benzene rings is 2. The molecule has 1 aliphatic heterocycles. The molecule has 1 aliphatic carbocycles. The maximum absolute atomic E-state index is 13.7. The van der Waals surface area contributed by atoms with Gasteiger partial charge in [-0.25, -0.2) is 8.42 Å². The molecule has 10 heteroatoms. The summed E-state index contributed by atoms with van der Waals surface area (Å²) < 4.78 is 37.9. The van der Waals surface area contributed by atoms with Crippen molar-refractivity contribution in [1.29, 1.82) is 0 Å². The first-order chi connectivity index (χ1) is 17.3. The third kappa shape index (κ3) is 5.92. The average molecular weight is 516 g/mol. The van der Waals surface area contributed by atoms with Crippen molar-refractivity contribution < 1.29 is 27.5 Å². The van der Waals surface area contributed by atoms with Crippen LogP contribution in [-0.2, 0) is 26.2 Å². The minimum absolute atomic E-state index is 0.0523. The Morgan fingerprint density at radius 3 is 2.44 bits per heavy atom. The van der Waals surface area contributed by atoms with Gasteiger partial charge in [-0.3, -0.25) is 13.9 Å². The smallest absolute Gasteiger partial charge is 0.244 e. The molecule has 2 aliphatic rings. The van der Waals surface area contributed by atoms with E-state index in [2.05, 4.69) is 5.32 Å². The highest BCUT2D eigenvalue weighted by Gasteiger charge is 2.32. The molecule has 1 fully saturated rings. The Hall–Kier alpha value is -3.27. The Bertz CT molecular complexity index is 1180. The van der Waals surface area contributed by atoms with Crippen molar-refractivity contribution in [3.8, 4) is 11.5 Å². The van der Waals surface area contributed by atoms with E-state index in [1.54, 1.807) is 25.1 Å². The first-order valence-electron chi connectivity index (χ1n) is 12.3. The van der Waals surface area contributed by atoms with Crippen LogP contribution in [0.5, 0.6) is 11.5 Å². The van der Waals surface area contributed by atoms with Gasteiger partial charge in [-0.15, -0.1) is 0 Å². The molecule has 0 bridgehead atoms. The number of sulfonamides is 1. The van der Waals surface area contributed by atoms with E-state index in [1.165, 1.54) is 11.8 Å². The molecule has 36 heavy (non-hydrogen) atoms. The predicted octanol–water partition coefficient (Wildman–Crippen LogP) is 3.05. The van der Waals surface area contributed by atoms with Crippen molar-refractivity contribution in [2.24, 2.45) is 0 Å². The van der Waals surface area contributed by atoms with Crippen LogP contribution in [0.4, 0.5) is 5.69 Å². The monoisotopic (exact) mass is 515 g/mol. The van der Waals surface area contributed by atoms with E-state index >= 15 is 0 Å². The van der Waals surface area contributed by atoms with Gasteiger partial charge in [0.1, 0.15) is 12.6 Å². The Morgan fingerprint density at radius 1 is 1.06 bits per heavy atom. The molecule has 1 atom stereocenters. The van der Waals surface area contributed by atoms with Gasteiger partial charge in [0.15, 0.2) is 11.5 Å². The van der Waals surface area contributed by atoms with Gasteiger partial charge in [0.05, 0.1) is 11.4 Å². The Balaban J connectivity index is 1.60. The van der Waals surface area contributed by atoms with Crippen molar-refractivity contribution in [1.82, 2.24) is 10.2 Å². The molecular weight excluding hydrogens is 482 g/mol. The normalized spacial score (nSPS) is 15.9. The molecule has 2 aromatic rings. The largest absolute Gasteiger partial charge is 0.454 e. The van der Waals surface area contributed by atoms with Crippen LogP contribution in [-0.4, -0.2) is 56.3 Å². The number of rotatable bonds is 10. The second-order valence-electron chi connectivity index (χ2n) is 9.12. The quantitative estimate of drug-likeness (QED) is 0.522. The summed E-state index contributed by atoms with van der Waals surface area (Å²) in [6.45, 7) is 3.00. The SMILES string of the molecule is CCS(=O)(=O)N(CC(=O)N(Cc1ccccc1)[C@@H](C)C(=O)NC1CCCC1)c1ccc2c(c1)OCO2. The topological polar surface area (TPSA) is 105 Å². The Labute approximate surface area is 212 Å². The summed E-state index contributed by atoms with van der Waals surface area (Å²) in [6.07, 6.45) is 4.01. The molecular formula is C26H33N3O6S. The second-order valence-corrected chi connectivity index (χ2v) is 11.3. The molecule has 0 radical (unpaired) electrons. The molecule has 1 N–H and O–H groups in total. The fraction of sp³-hybridized carbons (Fsp3) is 0.462. The standard InChI is InChI=1S/C26H33N3O6S/c1-3-36(32,33)29(22-13-14-23-24(15-22)35-18-34-23)17-25(30)28(16-20-9-5-4-6-10-20)19(2)26(31)27-21-11-7-8-12-21/h4-6,9-10,13-15,19,21H,3,7-8,11-12,16-18H2,1-2H3,(H,27,31)/t19-/m0/s1. The van der Waals surface area contributed by atoms with Crippen molar-refractivity contribution >= 4 is 27.5 Å². The summed E-state index contributed by atoms with van der Waals surface area (Å²) >= 11 is 0. The molecule has 0 spiro atoms. The number of nitrogens with one attached hydrogen (secondary N) is 1. The number of fused-ring (bicyclic) bond motifs is 1. The summed E-state index contributed by atoms with van der Waals surface area (Å²) in [5.41, 5.74) is 1.15. The van der Waals surface area contributed by atoms with E-state index in [1.807, 2.05) is 30.3 Å². The minimum atomic E-state index is -3.81. The van der Waals surface area contributed by atoms with E-state index in [4.69, 9.17) is 9.47 Å². The fourth-order valence-corrected chi connectivity index (χ4v) is 5.57. The number of carbonyl (C=O) groups is 2. The van der Waals surface area contributed by atoms with Crippen molar-refractivity contribution in [3.05, 3.63) is 54.1 Å². The average Bonchev–Trinajstić information content (AvgIpc) is 3.57. The lowest BCUT2D eigenvalue weighted by molar-refractivity contribution is -0.139. The van der Waals surface area contributed by atoms with Gasteiger partial charge in [-0.2, -0.15) is 0 Å². The minimum Gasteiger partial charge on any atom is -0.454 e. The lowest BCUT2D eigenvalue weighted by Crippen LogP contribution is -2.52. The fourth-order valence-electron chi connectivity index (χ4n) is 4.51. The van der Waals surface area contributed by atoms with Gasteiger partial charge in [0, 0.05) is 18.7 Å². The predicted molar refractivity (Wildman–Crippen MR) is 136 cm³/mol. The first kappa shape index (κ1) is 25.8. The van der Waals surface area contributed by atoms with E-state index in [9.17, 15) is 18.0 Å². The molecule has 0 saturated heterocycles. The van der Waals surface area contributed by atoms with Crippen LogP contribution in [0.3, 0.4) is 0 Å². The zero-order valence-electron chi connectivity index (χ0n) is 20.7. The third-order valence-electron chi connectivity index (χ3n) is 6.69. The second kappa shape index (κ2) is 11.2. The highest BCUT2D eigenvalue weighted by molar-refractivity contribution is 7.92. The van der Waals surface area contributed by atoms with Crippen LogP contribution in [0.2, 0.25) is 0 Å².